The van der Waals surface area contributed by atoms with Crippen LogP contribution in [0.4, 0.5) is 4.79 Å². The van der Waals surface area contributed by atoms with Crippen LogP contribution in [-0.2, 0) is 0 Å². The Morgan fingerprint density at radius 3 is 2.88 bits per heavy atom. The average molecular weight is 232 g/mol. The average Bonchev–Trinajstić information content (AvgIpc) is 2.67. The zero-order valence-corrected chi connectivity index (χ0v) is 10.0. The zero-order valence-electron chi connectivity index (χ0n) is 10.0. The van der Waals surface area contributed by atoms with E-state index in [4.69, 9.17) is 6.42 Å². The fourth-order valence-corrected chi connectivity index (χ4v) is 2.19. The molecule has 2 amide bonds. The quantitative estimate of drug-likeness (QED) is 0.713. The third-order valence-electron chi connectivity index (χ3n) is 3.12. The summed E-state index contributed by atoms with van der Waals surface area (Å²) in [5, 5.41) is 5.89. The molecule has 2 N–H and O–H groups in total. The van der Waals surface area contributed by atoms with Gasteiger partial charge in [-0.05, 0) is 12.8 Å². The zero-order chi connectivity index (χ0) is 12.4. The molecule has 1 saturated heterocycles. The molecule has 2 rings (SSSR count). The van der Waals surface area contributed by atoms with Gasteiger partial charge in [-0.2, -0.15) is 0 Å². The van der Waals surface area contributed by atoms with Crippen molar-refractivity contribution in [1.82, 2.24) is 15.5 Å². The van der Waals surface area contributed by atoms with E-state index in [1.807, 2.05) is 0 Å². The molecule has 0 spiro atoms. The molecule has 90 valence electrons. The lowest BCUT2D eigenvalue weighted by atomic mass is 10.1. The maximum absolute atomic E-state index is 11.9. The van der Waals surface area contributed by atoms with Crippen LogP contribution in [0.2, 0.25) is 0 Å². The molecule has 0 saturated carbocycles. The van der Waals surface area contributed by atoms with E-state index in [-0.39, 0.29) is 18.2 Å². The molecule has 0 aromatic carbocycles. The van der Waals surface area contributed by atoms with Crippen LogP contribution in [-0.4, -0.2) is 29.0 Å². The summed E-state index contributed by atoms with van der Waals surface area (Å²) in [6.45, 7) is 4.13. The minimum Gasteiger partial charge on any atom is -0.351 e. The maximum atomic E-state index is 11.9. The Labute approximate surface area is 101 Å². The van der Waals surface area contributed by atoms with Gasteiger partial charge in [-0.25, -0.2) is 9.79 Å². The highest BCUT2D eigenvalue weighted by atomic mass is 16.2. The van der Waals surface area contributed by atoms with Crippen molar-refractivity contribution in [2.75, 3.05) is 0 Å². The fraction of sp³-hybridized carbons (Fsp3) is 0.500. The molecule has 17 heavy (non-hydrogen) atoms. The molecule has 1 unspecified atom stereocenters. The molecule has 2 heterocycles. The lowest BCUT2D eigenvalue weighted by molar-refractivity contribution is 0.168. The van der Waals surface area contributed by atoms with E-state index >= 15 is 0 Å². The Bertz CT molecular complexity index is 428. The van der Waals surface area contributed by atoms with Crippen molar-refractivity contribution in [3.8, 4) is 12.3 Å². The van der Waals surface area contributed by atoms with E-state index < -0.39 is 0 Å². The van der Waals surface area contributed by atoms with Crippen molar-refractivity contribution in [1.29, 1.82) is 0 Å². The van der Waals surface area contributed by atoms with Gasteiger partial charge in [0.05, 0.1) is 6.20 Å². The number of hydrogen-bond acceptors (Lipinski definition) is 3. The Morgan fingerprint density at radius 1 is 1.59 bits per heavy atom. The number of carbonyl (C=O) groups is 1. The Morgan fingerprint density at radius 2 is 2.29 bits per heavy atom. The Kier molecular flexibility index (Phi) is 3.05. The largest absolute Gasteiger partial charge is 0.351 e. The van der Waals surface area contributed by atoms with E-state index in [2.05, 4.69) is 35.4 Å². The van der Waals surface area contributed by atoms with Gasteiger partial charge < -0.3 is 5.32 Å². The van der Waals surface area contributed by atoms with Gasteiger partial charge in [0.15, 0.2) is 12.0 Å². The molecule has 2 aliphatic rings. The van der Waals surface area contributed by atoms with Gasteiger partial charge in [-0.15, -0.1) is 6.42 Å². The molecule has 1 fully saturated rings. The maximum Gasteiger partial charge on any atom is 0.325 e. The summed E-state index contributed by atoms with van der Waals surface area (Å²) >= 11 is 0. The lowest BCUT2D eigenvalue weighted by Crippen LogP contribution is -2.50. The minimum absolute atomic E-state index is 0.110. The monoisotopic (exact) mass is 232 g/mol. The molecule has 0 aliphatic carbocycles. The summed E-state index contributed by atoms with van der Waals surface area (Å²) in [7, 11) is 0. The second-order valence-electron chi connectivity index (χ2n) is 4.06. The number of fused-ring (bicyclic) bond motifs is 1. The van der Waals surface area contributed by atoms with Crippen LogP contribution in [0.5, 0.6) is 0 Å². The van der Waals surface area contributed by atoms with Gasteiger partial charge in [-0.1, -0.05) is 19.8 Å². The molecule has 5 nitrogen and oxygen atoms in total. The van der Waals surface area contributed by atoms with Crippen LogP contribution in [0.1, 0.15) is 26.7 Å². The van der Waals surface area contributed by atoms with Gasteiger partial charge in [0, 0.05) is 6.04 Å². The summed E-state index contributed by atoms with van der Waals surface area (Å²) in [5.74, 6) is 3.13. The molecule has 5 heteroatoms. The van der Waals surface area contributed by atoms with E-state index in [9.17, 15) is 4.79 Å². The van der Waals surface area contributed by atoms with E-state index in [1.165, 1.54) is 0 Å². The van der Waals surface area contributed by atoms with Crippen molar-refractivity contribution in [2.24, 2.45) is 4.99 Å². The highest BCUT2D eigenvalue weighted by molar-refractivity contribution is 6.07. The van der Waals surface area contributed by atoms with Gasteiger partial charge in [0.2, 0.25) is 0 Å². The Balaban J connectivity index is 2.26. The van der Waals surface area contributed by atoms with E-state index in [0.29, 0.717) is 11.5 Å². The number of amidine groups is 1. The molecular formula is C12H16N4O. The number of urea groups is 1. The lowest BCUT2D eigenvalue weighted by Gasteiger charge is -2.31. The van der Waals surface area contributed by atoms with Crippen molar-refractivity contribution in [3.05, 3.63) is 11.9 Å². The summed E-state index contributed by atoms with van der Waals surface area (Å²) in [6.07, 6.45) is 8.46. The predicted molar refractivity (Wildman–Crippen MR) is 66.0 cm³/mol. The summed E-state index contributed by atoms with van der Waals surface area (Å²) in [5.41, 5.74) is 0.603. The second-order valence-corrected chi connectivity index (χ2v) is 4.06. The number of nitrogens with zero attached hydrogens (tertiary/aromatic N) is 2. The predicted octanol–water partition coefficient (Wildman–Crippen LogP) is 1.00. The fourth-order valence-electron chi connectivity index (χ4n) is 2.19. The van der Waals surface area contributed by atoms with Crippen molar-refractivity contribution >= 4 is 11.9 Å². The highest BCUT2D eigenvalue weighted by Gasteiger charge is 2.40. The highest BCUT2D eigenvalue weighted by Crippen LogP contribution is 2.19. The summed E-state index contributed by atoms with van der Waals surface area (Å²) in [6, 6.07) is 0.0824. The topological polar surface area (TPSA) is 56.7 Å². The minimum atomic E-state index is -0.247. The molecular weight excluding hydrogens is 216 g/mol. The molecule has 0 bridgehead atoms. The van der Waals surface area contributed by atoms with Crippen molar-refractivity contribution in [2.45, 2.75) is 38.9 Å². The Hall–Kier alpha value is -1.96. The molecule has 2 aliphatic heterocycles. The van der Waals surface area contributed by atoms with Gasteiger partial charge >= 0.3 is 6.03 Å². The molecule has 0 radical (unpaired) electrons. The molecule has 0 aromatic heterocycles. The second kappa shape index (κ2) is 4.50. The third-order valence-corrected chi connectivity index (χ3v) is 3.12. The van der Waals surface area contributed by atoms with Gasteiger partial charge in [0.25, 0.3) is 0 Å². The third kappa shape index (κ3) is 1.86. The van der Waals surface area contributed by atoms with Crippen LogP contribution in [0, 0.1) is 12.3 Å². The number of amides is 2. The summed E-state index contributed by atoms with van der Waals surface area (Å²) in [4.78, 5) is 17.9. The first-order chi connectivity index (χ1) is 8.21. The van der Waals surface area contributed by atoms with Crippen molar-refractivity contribution in [3.63, 3.8) is 0 Å². The molecule has 0 aromatic rings. The number of terminal acetylenes is 1. The number of nitrogens with one attached hydrogen (secondary N) is 2. The van der Waals surface area contributed by atoms with Gasteiger partial charge in [-0.3, -0.25) is 10.2 Å². The SMILES string of the molecule is C#CC1=CN=C2NC(=O)N(C(CC)CC)C2N1. The van der Waals surface area contributed by atoms with Gasteiger partial charge in [0.1, 0.15) is 5.70 Å². The van der Waals surface area contributed by atoms with Crippen LogP contribution in [0.3, 0.4) is 0 Å². The first-order valence-electron chi connectivity index (χ1n) is 5.81. The van der Waals surface area contributed by atoms with E-state index in [0.717, 1.165) is 12.8 Å². The number of hydrogen-bond donors (Lipinski definition) is 2. The summed E-state index contributed by atoms with van der Waals surface area (Å²) < 4.78 is 0. The van der Waals surface area contributed by atoms with Crippen LogP contribution in [0.15, 0.2) is 16.9 Å². The number of allylic oxidation sites excluding steroid dienone is 1. The van der Waals surface area contributed by atoms with Crippen LogP contribution >= 0.6 is 0 Å². The smallest absolute Gasteiger partial charge is 0.325 e. The molecule has 1 atom stereocenters. The van der Waals surface area contributed by atoms with Crippen molar-refractivity contribution < 1.29 is 4.79 Å². The number of carbonyl (C=O) groups excluding carboxylic acids is 1. The standard InChI is InChI=1S/C12H16N4O/c1-4-8-7-13-10-11(14-8)16(12(17)15-10)9(5-2)6-3/h1,7,9,11,14H,5-6H2,2-3H3,(H,13,15,17). The van der Waals surface area contributed by atoms with E-state index in [1.54, 1.807) is 11.1 Å². The first kappa shape index (κ1) is 11.5. The van der Waals surface area contributed by atoms with Crippen LogP contribution < -0.4 is 10.6 Å². The number of rotatable bonds is 3. The normalized spacial score (nSPS) is 22.4. The van der Waals surface area contributed by atoms with Crippen LogP contribution in [0.25, 0.3) is 0 Å². The number of aliphatic imine (C=N–C) groups is 1. The first-order valence-corrected chi connectivity index (χ1v) is 5.81.